The van der Waals surface area contributed by atoms with E-state index in [9.17, 15) is 5.11 Å². The molecule has 0 aromatic carbocycles. The molecule has 2 aliphatic rings. The average molecular weight is 213 g/mol. The van der Waals surface area contributed by atoms with Crippen molar-refractivity contribution in [1.29, 1.82) is 0 Å². The molecular formula is C12H23NO2. The summed E-state index contributed by atoms with van der Waals surface area (Å²) < 4.78 is 5.46. The third-order valence-corrected chi connectivity index (χ3v) is 4.39. The van der Waals surface area contributed by atoms with Crippen molar-refractivity contribution in [2.75, 3.05) is 7.11 Å². The van der Waals surface area contributed by atoms with Crippen LogP contribution in [0, 0.1) is 5.41 Å². The Morgan fingerprint density at radius 1 is 1.33 bits per heavy atom. The van der Waals surface area contributed by atoms with Gasteiger partial charge < -0.3 is 15.2 Å². The molecule has 4 atom stereocenters. The molecule has 2 aliphatic carbocycles. The highest BCUT2D eigenvalue weighted by Crippen LogP contribution is 2.41. The number of aliphatic hydroxyl groups is 1. The lowest BCUT2D eigenvalue weighted by molar-refractivity contribution is -0.0806. The van der Waals surface area contributed by atoms with Crippen LogP contribution in [0.2, 0.25) is 0 Å². The number of hydrogen-bond donors (Lipinski definition) is 2. The lowest BCUT2D eigenvalue weighted by Gasteiger charge is -2.51. The second kappa shape index (κ2) is 4.04. The monoisotopic (exact) mass is 213 g/mol. The van der Waals surface area contributed by atoms with Gasteiger partial charge in [-0.1, -0.05) is 13.8 Å². The van der Waals surface area contributed by atoms with Crippen LogP contribution in [0.15, 0.2) is 0 Å². The molecule has 15 heavy (non-hydrogen) atoms. The van der Waals surface area contributed by atoms with Crippen LogP contribution in [0.4, 0.5) is 0 Å². The Labute approximate surface area is 92.2 Å². The van der Waals surface area contributed by atoms with E-state index in [0.717, 1.165) is 6.42 Å². The maximum atomic E-state index is 9.67. The molecule has 0 aromatic heterocycles. The van der Waals surface area contributed by atoms with Crippen molar-refractivity contribution in [2.45, 2.75) is 63.8 Å². The number of nitrogens with one attached hydrogen (secondary N) is 1. The van der Waals surface area contributed by atoms with Gasteiger partial charge in [-0.05, 0) is 25.7 Å². The Bertz CT molecular complexity index is 230. The van der Waals surface area contributed by atoms with Gasteiger partial charge in [0.1, 0.15) is 0 Å². The topological polar surface area (TPSA) is 41.5 Å². The lowest BCUT2D eigenvalue weighted by atomic mass is 9.64. The Hall–Kier alpha value is -0.120. The van der Waals surface area contributed by atoms with Gasteiger partial charge >= 0.3 is 0 Å². The van der Waals surface area contributed by atoms with Gasteiger partial charge in [-0.15, -0.1) is 0 Å². The van der Waals surface area contributed by atoms with Gasteiger partial charge in [-0.25, -0.2) is 0 Å². The second-order valence-electron chi connectivity index (χ2n) is 5.60. The normalized spacial score (nSPS) is 44.0. The van der Waals surface area contributed by atoms with E-state index in [2.05, 4.69) is 19.2 Å². The van der Waals surface area contributed by atoms with Crippen molar-refractivity contribution in [3.63, 3.8) is 0 Å². The molecule has 4 unspecified atom stereocenters. The first-order valence-corrected chi connectivity index (χ1v) is 6.02. The quantitative estimate of drug-likeness (QED) is 0.742. The summed E-state index contributed by atoms with van der Waals surface area (Å²) in [7, 11) is 1.80. The third kappa shape index (κ3) is 1.93. The minimum Gasteiger partial charge on any atom is -0.392 e. The molecule has 0 bridgehead atoms. The molecule has 88 valence electrons. The van der Waals surface area contributed by atoms with E-state index in [1.165, 1.54) is 19.3 Å². The van der Waals surface area contributed by atoms with Crippen molar-refractivity contribution in [2.24, 2.45) is 5.41 Å². The number of rotatable bonds is 3. The fourth-order valence-electron chi connectivity index (χ4n) is 2.84. The van der Waals surface area contributed by atoms with Gasteiger partial charge in [-0.3, -0.25) is 0 Å². The van der Waals surface area contributed by atoms with E-state index in [1.807, 2.05) is 0 Å². The first kappa shape index (κ1) is 11.4. The Morgan fingerprint density at radius 3 is 2.60 bits per heavy atom. The predicted molar refractivity (Wildman–Crippen MR) is 59.8 cm³/mol. The van der Waals surface area contributed by atoms with Crippen molar-refractivity contribution in [3.8, 4) is 0 Å². The Balaban J connectivity index is 1.87. The average Bonchev–Trinajstić information content (AvgIpc) is 2.65. The molecule has 3 heteroatoms. The van der Waals surface area contributed by atoms with Crippen LogP contribution in [-0.4, -0.2) is 36.5 Å². The first-order chi connectivity index (χ1) is 7.05. The number of ether oxygens (including phenoxy) is 1. The summed E-state index contributed by atoms with van der Waals surface area (Å²) >= 11 is 0. The maximum Gasteiger partial charge on any atom is 0.0724 e. The largest absolute Gasteiger partial charge is 0.392 e. The van der Waals surface area contributed by atoms with Crippen LogP contribution in [0.25, 0.3) is 0 Å². The summed E-state index contributed by atoms with van der Waals surface area (Å²) in [6.07, 6.45) is 4.76. The predicted octanol–water partition coefficient (Wildman–Crippen LogP) is 1.30. The summed E-state index contributed by atoms with van der Waals surface area (Å²) in [4.78, 5) is 0. The summed E-state index contributed by atoms with van der Waals surface area (Å²) in [6.45, 7) is 4.27. The fraction of sp³-hybridized carbons (Fsp3) is 1.00. The van der Waals surface area contributed by atoms with Crippen molar-refractivity contribution in [3.05, 3.63) is 0 Å². The molecule has 2 fully saturated rings. The number of hydrogen-bond acceptors (Lipinski definition) is 3. The van der Waals surface area contributed by atoms with Gasteiger partial charge in [0.05, 0.1) is 12.2 Å². The Morgan fingerprint density at radius 2 is 2.07 bits per heavy atom. The van der Waals surface area contributed by atoms with Gasteiger partial charge in [0.2, 0.25) is 0 Å². The first-order valence-electron chi connectivity index (χ1n) is 6.02. The summed E-state index contributed by atoms with van der Waals surface area (Å²) in [5, 5.41) is 13.3. The minimum absolute atomic E-state index is 0.0287. The molecule has 0 spiro atoms. The zero-order valence-corrected chi connectivity index (χ0v) is 9.99. The SMILES string of the molecule is COC1CCCC1NC1CC(O)C1(C)C. The molecule has 0 heterocycles. The summed E-state index contributed by atoms with van der Waals surface area (Å²) in [6, 6.07) is 0.944. The molecule has 0 amide bonds. The van der Waals surface area contributed by atoms with Crippen LogP contribution in [0.1, 0.15) is 39.5 Å². The molecule has 2 N–H and O–H groups in total. The summed E-state index contributed by atoms with van der Waals surface area (Å²) in [5.74, 6) is 0. The van der Waals surface area contributed by atoms with Gasteiger partial charge in [0.25, 0.3) is 0 Å². The Kier molecular flexibility index (Phi) is 3.06. The molecular weight excluding hydrogens is 190 g/mol. The lowest BCUT2D eigenvalue weighted by Crippen LogP contribution is -2.62. The zero-order valence-electron chi connectivity index (χ0n) is 9.99. The summed E-state index contributed by atoms with van der Waals surface area (Å²) in [5.41, 5.74) is 0.0287. The standard InChI is InChI=1S/C12H23NO2/c1-12(2)10(7-11(12)14)13-8-5-4-6-9(8)15-3/h8-11,13-14H,4-7H2,1-3H3. The van der Waals surface area contributed by atoms with Crippen LogP contribution in [0.3, 0.4) is 0 Å². The second-order valence-corrected chi connectivity index (χ2v) is 5.60. The van der Waals surface area contributed by atoms with Crippen molar-refractivity contribution in [1.82, 2.24) is 5.32 Å². The fourth-order valence-corrected chi connectivity index (χ4v) is 2.84. The maximum absolute atomic E-state index is 9.67. The van der Waals surface area contributed by atoms with Crippen LogP contribution < -0.4 is 5.32 Å². The number of aliphatic hydroxyl groups excluding tert-OH is 1. The smallest absolute Gasteiger partial charge is 0.0724 e. The highest BCUT2D eigenvalue weighted by Gasteiger charge is 2.48. The van der Waals surface area contributed by atoms with Crippen molar-refractivity contribution >= 4 is 0 Å². The van der Waals surface area contributed by atoms with E-state index in [1.54, 1.807) is 7.11 Å². The molecule has 0 radical (unpaired) electrons. The number of methoxy groups -OCH3 is 1. The molecule has 0 aliphatic heterocycles. The van der Waals surface area contributed by atoms with Crippen LogP contribution >= 0.6 is 0 Å². The van der Waals surface area contributed by atoms with Gasteiger partial charge in [0.15, 0.2) is 0 Å². The molecule has 0 saturated heterocycles. The van der Waals surface area contributed by atoms with Gasteiger partial charge in [0, 0.05) is 24.6 Å². The van der Waals surface area contributed by atoms with E-state index < -0.39 is 0 Å². The van der Waals surface area contributed by atoms with Crippen LogP contribution in [-0.2, 0) is 4.74 Å². The van der Waals surface area contributed by atoms with E-state index in [-0.39, 0.29) is 11.5 Å². The minimum atomic E-state index is -0.141. The molecule has 2 rings (SSSR count). The van der Waals surface area contributed by atoms with E-state index in [0.29, 0.717) is 18.2 Å². The molecule has 2 saturated carbocycles. The van der Waals surface area contributed by atoms with E-state index >= 15 is 0 Å². The third-order valence-electron chi connectivity index (χ3n) is 4.39. The highest BCUT2D eigenvalue weighted by atomic mass is 16.5. The zero-order chi connectivity index (χ0) is 11.1. The van der Waals surface area contributed by atoms with Crippen LogP contribution in [0.5, 0.6) is 0 Å². The molecule has 0 aromatic rings. The highest BCUT2D eigenvalue weighted by molar-refractivity contribution is 5.03. The van der Waals surface area contributed by atoms with Crippen molar-refractivity contribution < 1.29 is 9.84 Å². The van der Waals surface area contributed by atoms with Gasteiger partial charge in [-0.2, -0.15) is 0 Å². The molecule has 3 nitrogen and oxygen atoms in total. The van der Waals surface area contributed by atoms with E-state index in [4.69, 9.17) is 4.74 Å².